The maximum atomic E-state index is 8.56. The highest BCUT2D eigenvalue weighted by molar-refractivity contribution is 5.33. The first-order chi connectivity index (χ1) is 9.90. The van der Waals surface area contributed by atoms with E-state index in [9.17, 15) is 0 Å². The predicted octanol–water partition coefficient (Wildman–Crippen LogP) is 2.32. The third-order valence-electron chi connectivity index (χ3n) is 2.92. The number of benzene rings is 1. The van der Waals surface area contributed by atoms with Crippen molar-refractivity contribution >= 4 is 0 Å². The molecule has 1 N–H and O–H groups in total. The lowest BCUT2D eigenvalue weighted by atomic mass is 10.2. The maximum Gasteiger partial charge on any atom is 0.174 e. The van der Waals surface area contributed by atoms with Gasteiger partial charge in [0.05, 0.1) is 0 Å². The van der Waals surface area contributed by atoms with Gasteiger partial charge in [0.25, 0.3) is 0 Å². The molecule has 1 aromatic heterocycles. The molecule has 4 heteroatoms. The van der Waals surface area contributed by atoms with Gasteiger partial charge in [0, 0.05) is 24.5 Å². The van der Waals surface area contributed by atoms with Crippen LogP contribution in [0.1, 0.15) is 11.1 Å². The third kappa shape index (κ3) is 4.38. The lowest BCUT2D eigenvalue weighted by Crippen LogP contribution is -2.17. The second-order valence-electron chi connectivity index (χ2n) is 4.34. The van der Waals surface area contributed by atoms with Crippen molar-refractivity contribution in [1.82, 2.24) is 10.3 Å². The van der Waals surface area contributed by atoms with Crippen molar-refractivity contribution < 1.29 is 4.74 Å². The Hall–Kier alpha value is -2.38. The van der Waals surface area contributed by atoms with Gasteiger partial charge in [-0.05, 0) is 36.7 Å². The molecule has 20 heavy (non-hydrogen) atoms. The van der Waals surface area contributed by atoms with Crippen molar-refractivity contribution in [3.8, 4) is 11.8 Å². The van der Waals surface area contributed by atoms with Crippen LogP contribution in [0.4, 0.5) is 0 Å². The van der Waals surface area contributed by atoms with E-state index < -0.39 is 0 Å². The molecule has 0 aliphatic rings. The Bertz CT molecular complexity index is 563. The average molecular weight is 267 g/mol. The van der Waals surface area contributed by atoms with Crippen molar-refractivity contribution in [3.63, 3.8) is 0 Å². The van der Waals surface area contributed by atoms with E-state index >= 15 is 0 Å². The van der Waals surface area contributed by atoms with Crippen LogP contribution < -0.4 is 10.1 Å². The van der Waals surface area contributed by atoms with E-state index in [0.29, 0.717) is 0 Å². The second kappa shape index (κ2) is 7.93. The summed E-state index contributed by atoms with van der Waals surface area (Å²) in [6.07, 6.45) is 4.57. The summed E-state index contributed by atoms with van der Waals surface area (Å²) in [4.78, 5) is 4.00. The fourth-order valence-electron chi connectivity index (χ4n) is 1.91. The first-order valence-corrected chi connectivity index (χ1v) is 6.57. The summed E-state index contributed by atoms with van der Waals surface area (Å²) in [6, 6.07) is 13.8. The smallest absolute Gasteiger partial charge is 0.174 e. The average Bonchev–Trinajstić information content (AvgIpc) is 2.51. The summed E-state index contributed by atoms with van der Waals surface area (Å²) in [5.74, 6) is 0.769. The summed E-state index contributed by atoms with van der Waals surface area (Å²) in [5, 5.41) is 11.9. The fourth-order valence-corrected chi connectivity index (χ4v) is 1.91. The van der Waals surface area contributed by atoms with E-state index in [1.807, 2.05) is 42.5 Å². The van der Waals surface area contributed by atoms with Crippen molar-refractivity contribution in [2.75, 3.05) is 13.2 Å². The molecule has 4 nitrogen and oxygen atoms in total. The van der Waals surface area contributed by atoms with E-state index in [0.717, 1.165) is 30.8 Å². The number of rotatable bonds is 7. The van der Waals surface area contributed by atoms with E-state index in [1.165, 1.54) is 5.56 Å². The first kappa shape index (κ1) is 14.0. The summed E-state index contributed by atoms with van der Waals surface area (Å²) in [7, 11) is 0. The fraction of sp³-hybridized carbons (Fsp3) is 0.250. The standard InChI is InChI=1S/C16H17N3O/c17-8-12-20-16-4-2-1-3-15(16)13-19-11-7-14-5-9-18-10-6-14/h1-6,9-10,19H,7,11-13H2. The van der Waals surface area contributed by atoms with Gasteiger partial charge < -0.3 is 10.1 Å². The Kier molecular flexibility index (Phi) is 5.56. The molecule has 0 spiro atoms. The van der Waals surface area contributed by atoms with Gasteiger partial charge in [0.1, 0.15) is 11.8 Å². The summed E-state index contributed by atoms with van der Waals surface area (Å²) >= 11 is 0. The van der Waals surface area contributed by atoms with E-state index in [1.54, 1.807) is 12.4 Å². The SMILES string of the molecule is N#CCOc1ccccc1CNCCc1ccncc1. The lowest BCUT2D eigenvalue weighted by molar-refractivity contribution is 0.362. The zero-order valence-corrected chi connectivity index (χ0v) is 11.2. The number of aromatic nitrogens is 1. The van der Waals surface area contributed by atoms with E-state index in [4.69, 9.17) is 10.00 Å². The topological polar surface area (TPSA) is 57.9 Å². The van der Waals surface area contributed by atoms with Crippen molar-refractivity contribution in [3.05, 3.63) is 59.9 Å². The predicted molar refractivity (Wildman–Crippen MR) is 77.2 cm³/mol. The normalized spacial score (nSPS) is 9.95. The largest absolute Gasteiger partial charge is 0.478 e. The van der Waals surface area contributed by atoms with Crippen LogP contribution in [-0.4, -0.2) is 18.1 Å². The highest BCUT2D eigenvalue weighted by Crippen LogP contribution is 2.17. The molecule has 0 atom stereocenters. The number of hydrogen-bond acceptors (Lipinski definition) is 4. The second-order valence-corrected chi connectivity index (χ2v) is 4.34. The molecule has 2 aromatic rings. The Balaban J connectivity index is 1.80. The summed E-state index contributed by atoms with van der Waals surface area (Å²) < 4.78 is 5.39. The third-order valence-corrected chi connectivity index (χ3v) is 2.92. The molecule has 0 saturated carbocycles. The van der Waals surface area contributed by atoms with Crippen LogP contribution in [0.15, 0.2) is 48.8 Å². The minimum atomic E-state index is 0.0774. The molecule has 0 radical (unpaired) electrons. The van der Waals surface area contributed by atoms with Crippen LogP contribution in [0.25, 0.3) is 0 Å². The number of nitrogens with zero attached hydrogens (tertiary/aromatic N) is 2. The molecule has 102 valence electrons. The van der Waals surface area contributed by atoms with Crippen LogP contribution in [0.5, 0.6) is 5.75 Å². The van der Waals surface area contributed by atoms with Crippen molar-refractivity contribution in [2.45, 2.75) is 13.0 Å². The highest BCUT2D eigenvalue weighted by Gasteiger charge is 2.02. The highest BCUT2D eigenvalue weighted by atomic mass is 16.5. The van der Waals surface area contributed by atoms with Crippen LogP contribution >= 0.6 is 0 Å². The quantitative estimate of drug-likeness (QED) is 0.782. The zero-order valence-electron chi connectivity index (χ0n) is 11.2. The monoisotopic (exact) mass is 267 g/mol. The number of pyridine rings is 1. The van der Waals surface area contributed by atoms with Gasteiger partial charge in [-0.1, -0.05) is 18.2 Å². The number of para-hydroxylation sites is 1. The molecule has 0 saturated heterocycles. The molecule has 0 aliphatic carbocycles. The Morgan fingerprint density at radius 1 is 1.15 bits per heavy atom. The Labute approximate surface area is 119 Å². The summed E-state index contributed by atoms with van der Waals surface area (Å²) in [6.45, 7) is 1.69. The van der Waals surface area contributed by atoms with Gasteiger partial charge in [-0.15, -0.1) is 0 Å². The minimum Gasteiger partial charge on any atom is -0.478 e. The van der Waals surface area contributed by atoms with Crippen LogP contribution in [0.2, 0.25) is 0 Å². The van der Waals surface area contributed by atoms with Gasteiger partial charge in [-0.3, -0.25) is 4.98 Å². The number of ether oxygens (including phenoxy) is 1. The van der Waals surface area contributed by atoms with Gasteiger partial charge in [0.15, 0.2) is 6.61 Å². The van der Waals surface area contributed by atoms with Gasteiger partial charge in [-0.2, -0.15) is 5.26 Å². The van der Waals surface area contributed by atoms with Crippen LogP contribution in [-0.2, 0) is 13.0 Å². The summed E-state index contributed by atoms with van der Waals surface area (Å²) in [5.41, 5.74) is 2.33. The number of nitrogens with one attached hydrogen (secondary N) is 1. The number of nitriles is 1. The Morgan fingerprint density at radius 3 is 2.75 bits per heavy atom. The van der Waals surface area contributed by atoms with Crippen LogP contribution in [0, 0.1) is 11.3 Å². The first-order valence-electron chi connectivity index (χ1n) is 6.57. The van der Waals surface area contributed by atoms with Crippen molar-refractivity contribution in [2.24, 2.45) is 0 Å². The molecule has 1 aromatic carbocycles. The molecule has 0 fully saturated rings. The molecule has 0 bridgehead atoms. The van der Waals surface area contributed by atoms with Gasteiger partial charge >= 0.3 is 0 Å². The molecule has 2 rings (SSSR count). The van der Waals surface area contributed by atoms with Crippen molar-refractivity contribution in [1.29, 1.82) is 5.26 Å². The van der Waals surface area contributed by atoms with Crippen LogP contribution in [0.3, 0.4) is 0 Å². The number of hydrogen-bond donors (Lipinski definition) is 1. The molecular formula is C16H17N3O. The lowest BCUT2D eigenvalue weighted by Gasteiger charge is -2.10. The van der Waals surface area contributed by atoms with E-state index in [-0.39, 0.29) is 6.61 Å². The molecule has 0 aliphatic heterocycles. The minimum absolute atomic E-state index is 0.0774. The van der Waals surface area contributed by atoms with E-state index in [2.05, 4.69) is 10.3 Å². The molecular weight excluding hydrogens is 250 g/mol. The molecule has 1 heterocycles. The molecule has 0 amide bonds. The Morgan fingerprint density at radius 2 is 1.95 bits per heavy atom. The van der Waals surface area contributed by atoms with Gasteiger partial charge in [-0.25, -0.2) is 0 Å². The zero-order chi connectivity index (χ0) is 14.0. The molecule has 0 unspecified atom stereocenters. The maximum absolute atomic E-state index is 8.56. The van der Waals surface area contributed by atoms with Gasteiger partial charge in [0.2, 0.25) is 0 Å².